The molecular formula is C26H31F4N7O2. The van der Waals surface area contributed by atoms with Gasteiger partial charge in [0, 0.05) is 49.4 Å². The van der Waals surface area contributed by atoms with Crippen molar-refractivity contribution in [1.29, 1.82) is 0 Å². The highest BCUT2D eigenvalue weighted by Gasteiger charge is 2.35. The molecule has 13 heteroatoms. The number of rotatable bonds is 7. The van der Waals surface area contributed by atoms with Gasteiger partial charge in [0.05, 0.1) is 11.3 Å². The van der Waals surface area contributed by atoms with Crippen LogP contribution >= 0.6 is 0 Å². The molecule has 1 aliphatic rings. The van der Waals surface area contributed by atoms with Crippen LogP contribution < -0.4 is 16.0 Å². The number of nitrogen functional groups attached to an aromatic ring is 1. The standard InChI is InChI=1S/C26H31F4N7O2/c1-25(2,3)34-8-11-37-13-19(16-4-5-18(27)17(12-16)26(28,29)30)35-22(37)15-6-9-36(10-7-15)23-20(24(38)39)21(31)32-14-33-23/h4-5,12-15,34H,6-11H2,1-3H3,(H,38,39)(H2,31,32,33). The molecule has 0 unspecified atom stereocenters. The van der Waals surface area contributed by atoms with Gasteiger partial charge >= 0.3 is 12.1 Å². The molecule has 39 heavy (non-hydrogen) atoms. The van der Waals surface area contributed by atoms with E-state index in [1.165, 1.54) is 12.4 Å². The molecule has 1 saturated heterocycles. The summed E-state index contributed by atoms with van der Waals surface area (Å²) in [6, 6.07) is 2.89. The van der Waals surface area contributed by atoms with Gasteiger partial charge in [0.15, 0.2) is 0 Å². The molecule has 0 spiro atoms. The van der Waals surface area contributed by atoms with Gasteiger partial charge in [-0.25, -0.2) is 24.1 Å². The van der Waals surface area contributed by atoms with E-state index in [0.29, 0.717) is 50.5 Å². The third-order valence-electron chi connectivity index (χ3n) is 6.61. The zero-order chi connectivity index (χ0) is 28.5. The lowest BCUT2D eigenvalue weighted by atomic mass is 9.95. The predicted octanol–water partition coefficient (Wildman–Crippen LogP) is 4.55. The fourth-order valence-corrected chi connectivity index (χ4v) is 4.71. The van der Waals surface area contributed by atoms with E-state index >= 15 is 0 Å². The fourth-order valence-electron chi connectivity index (χ4n) is 4.71. The summed E-state index contributed by atoms with van der Waals surface area (Å²) in [7, 11) is 0. The molecule has 0 aliphatic carbocycles. The highest BCUT2D eigenvalue weighted by atomic mass is 19.4. The number of aromatic carboxylic acids is 1. The Morgan fingerprint density at radius 1 is 1.18 bits per heavy atom. The van der Waals surface area contributed by atoms with E-state index in [-0.39, 0.29) is 34.2 Å². The van der Waals surface area contributed by atoms with Crippen LogP contribution in [0.1, 0.15) is 61.3 Å². The third-order valence-corrected chi connectivity index (χ3v) is 6.61. The summed E-state index contributed by atoms with van der Waals surface area (Å²) < 4.78 is 55.9. The maximum Gasteiger partial charge on any atom is 0.419 e. The normalized spacial score (nSPS) is 15.1. The molecule has 0 bridgehead atoms. The minimum absolute atomic E-state index is 0.0420. The van der Waals surface area contributed by atoms with Crippen LogP contribution in [0, 0.1) is 5.82 Å². The lowest BCUT2D eigenvalue weighted by molar-refractivity contribution is -0.139. The van der Waals surface area contributed by atoms with Crippen molar-refractivity contribution < 1.29 is 27.5 Å². The first-order chi connectivity index (χ1) is 18.2. The number of nitrogens with one attached hydrogen (secondary N) is 1. The summed E-state index contributed by atoms with van der Waals surface area (Å²) >= 11 is 0. The Bertz CT molecular complexity index is 1340. The first-order valence-corrected chi connectivity index (χ1v) is 12.5. The second-order valence-corrected chi connectivity index (χ2v) is 10.6. The van der Waals surface area contributed by atoms with Crippen molar-refractivity contribution in [2.45, 2.75) is 57.8 Å². The lowest BCUT2D eigenvalue weighted by Crippen LogP contribution is -2.38. The van der Waals surface area contributed by atoms with E-state index in [1.54, 1.807) is 6.20 Å². The molecule has 210 valence electrons. The summed E-state index contributed by atoms with van der Waals surface area (Å²) in [6.07, 6.45) is -0.698. The highest BCUT2D eigenvalue weighted by Crippen LogP contribution is 2.36. The number of imidazole rings is 1. The number of carbonyl (C=O) groups is 1. The number of carboxylic acid groups (broad SMARTS) is 1. The van der Waals surface area contributed by atoms with Crippen molar-refractivity contribution in [3.63, 3.8) is 0 Å². The number of nitrogens with two attached hydrogens (primary N) is 1. The molecule has 2 aromatic heterocycles. The second-order valence-electron chi connectivity index (χ2n) is 10.6. The Hall–Kier alpha value is -3.74. The van der Waals surface area contributed by atoms with E-state index in [2.05, 4.69) is 15.3 Å². The Labute approximate surface area is 223 Å². The third kappa shape index (κ3) is 6.47. The molecule has 9 nitrogen and oxygen atoms in total. The average Bonchev–Trinajstić information content (AvgIpc) is 3.26. The van der Waals surface area contributed by atoms with Crippen molar-refractivity contribution >= 4 is 17.6 Å². The SMILES string of the molecule is CC(C)(C)NCCn1cc(-c2ccc(F)c(C(F)(F)F)c2)nc1C1CCN(c2ncnc(N)c2C(=O)O)CC1. The van der Waals surface area contributed by atoms with Crippen molar-refractivity contribution in [2.75, 3.05) is 30.3 Å². The average molecular weight is 550 g/mol. The van der Waals surface area contributed by atoms with Crippen LogP contribution in [-0.2, 0) is 12.7 Å². The number of nitrogens with zero attached hydrogens (tertiary/aromatic N) is 5. The topological polar surface area (TPSA) is 122 Å². The van der Waals surface area contributed by atoms with Gasteiger partial charge in [-0.3, -0.25) is 0 Å². The molecule has 1 aromatic carbocycles. The number of benzene rings is 1. The van der Waals surface area contributed by atoms with Crippen LogP contribution in [0.15, 0.2) is 30.7 Å². The predicted molar refractivity (Wildman–Crippen MR) is 138 cm³/mol. The van der Waals surface area contributed by atoms with Crippen LogP contribution in [0.3, 0.4) is 0 Å². The molecule has 3 aromatic rings. The minimum atomic E-state index is -4.83. The smallest absolute Gasteiger partial charge is 0.419 e. The molecule has 0 saturated carbocycles. The molecule has 1 fully saturated rings. The Morgan fingerprint density at radius 3 is 2.49 bits per heavy atom. The van der Waals surface area contributed by atoms with Gasteiger partial charge < -0.3 is 25.6 Å². The first-order valence-electron chi connectivity index (χ1n) is 12.5. The zero-order valence-corrected chi connectivity index (χ0v) is 21.9. The van der Waals surface area contributed by atoms with Crippen molar-refractivity contribution in [3.05, 3.63) is 53.5 Å². The van der Waals surface area contributed by atoms with Crippen molar-refractivity contribution in [2.24, 2.45) is 0 Å². The number of carboxylic acids is 1. The van der Waals surface area contributed by atoms with Gasteiger partial charge in [-0.1, -0.05) is 0 Å². The summed E-state index contributed by atoms with van der Waals surface area (Å²) in [5.41, 5.74) is 4.66. The summed E-state index contributed by atoms with van der Waals surface area (Å²) in [6.45, 7) is 8.17. The second kappa shape index (κ2) is 10.8. The Kier molecular flexibility index (Phi) is 7.82. The maximum atomic E-state index is 13.9. The van der Waals surface area contributed by atoms with Crippen LogP contribution in [0.5, 0.6) is 0 Å². The van der Waals surface area contributed by atoms with E-state index in [4.69, 9.17) is 10.7 Å². The molecule has 0 radical (unpaired) electrons. The van der Waals surface area contributed by atoms with Crippen LogP contribution in [0.4, 0.5) is 29.2 Å². The monoisotopic (exact) mass is 549 g/mol. The Balaban J connectivity index is 1.62. The molecule has 3 heterocycles. The van der Waals surface area contributed by atoms with Gasteiger partial charge in [0.25, 0.3) is 0 Å². The van der Waals surface area contributed by atoms with Crippen molar-refractivity contribution in [3.8, 4) is 11.3 Å². The van der Waals surface area contributed by atoms with Gasteiger partial charge in [-0.2, -0.15) is 13.2 Å². The summed E-state index contributed by atoms with van der Waals surface area (Å²) in [4.78, 5) is 26.2. The van der Waals surface area contributed by atoms with Crippen LogP contribution in [0.25, 0.3) is 11.3 Å². The van der Waals surface area contributed by atoms with Gasteiger partial charge in [0.2, 0.25) is 0 Å². The van der Waals surface area contributed by atoms with E-state index < -0.39 is 23.5 Å². The van der Waals surface area contributed by atoms with E-state index in [9.17, 15) is 27.5 Å². The lowest BCUT2D eigenvalue weighted by Gasteiger charge is -2.33. The van der Waals surface area contributed by atoms with Gasteiger partial charge in [0.1, 0.15) is 35.2 Å². The molecule has 4 rings (SSSR count). The first kappa shape index (κ1) is 28.3. The molecular weight excluding hydrogens is 518 g/mol. The number of hydrogen-bond acceptors (Lipinski definition) is 7. The highest BCUT2D eigenvalue weighted by molar-refractivity contribution is 5.98. The fraction of sp³-hybridized carbons (Fsp3) is 0.462. The summed E-state index contributed by atoms with van der Waals surface area (Å²) in [5.74, 6) is -1.75. The van der Waals surface area contributed by atoms with Crippen LogP contribution in [-0.4, -0.2) is 55.8 Å². The molecule has 1 aliphatic heterocycles. The minimum Gasteiger partial charge on any atom is -0.477 e. The van der Waals surface area contributed by atoms with E-state index in [0.717, 1.165) is 12.1 Å². The Morgan fingerprint density at radius 2 is 1.87 bits per heavy atom. The number of alkyl halides is 3. The largest absolute Gasteiger partial charge is 0.477 e. The quantitative estimate of drug-likeness (QED) is 0.367. The van der Waals surface area contributed by atoms with Gasteiger partial charge in [-0.15, -0.1) is 0 Å². The number of hydrogen-bond donors (Lipinski definition) is 3. The summed E-state index contributed by atoms with van der Waals surface area (Å²) in [5, 5.41) is 13.0. The number of halogens is 4. The molecule has 0 amide bonds. The maximum absolute atomic E-state index is 13.9. The number of aromatic nitrogens is 4. The van der Waals surface area contributed by atoms with Crippen molar-refractivity contribution in [1.82, 2.24) is 24.8 Å². The molecule has 4 N–H and O–H groups in total. The number of anilines is 2. The molecule has 0 atom stereocenters. The zero-order valence-electron chi connectivity index (χ0n) is 21.9. The number of piperidine rings is 1. The van der Waals surface area contributed by atoms with Crippen LogP contribution in [0.2, 0.25) is 0 Å². The van der Waals surface area contributed by atoms with Gasteiger partial charge in [-0.05, 0) is 51.8 Å². The van der Waals surface area contributed by atoms with E-state index in [1.807, 2.05) is 30.2 Å².